The summed E-state index contributed by atoms with van der Waals surface area (Å²) in [6.07, 6.45) is 4.90. The average Bonchev–Trinajstić information content (AvgIpc) is 2.68. The number of thioether (sulfide) groups is 2. The molecule has 0 radical (unpaired) electrons. The van der Waals surface area contributed by atoms with Crippen LogP contribution in [0.5, 0.6) is 0 Å². The Morgan fingerprint density at radius 1 is 0.600 bits per heavy atom. The highest BCUT2D eigenvalue weighted by molar-refractivity contribution is 8.00. The van der Waals surface area contributed by atoms with Crippen LogP contribution in [0, 0.1) is 0 Å². The molecule has 0 unspecified atom stereocenters. The van der Waals surface area contributed by atoms with Crippen LogP contribution in [0.4, 0.5) is 0 Å². The number of benzene rings is 2. The van der Waals surface area contributed by atoms with Crippen molar-refractivity contribution in [1.29, 1.82) is 0 Å². The van der Waals surface area contributed by atoms with E-state index in [2.05, 4.69) is 58.5 Å². The van der Waals surface area contributed by atoms with Gasteiger partial charge in [0.2, 0.25) is 0 Å². The normalized spacial score (nSPS) is 11.2. The molecule has 0 aliphatic rings. The Hall–Kier alpha value is -2.04. The van der Waals surface area contributed by atoms with Crippen LogP contribution in [0.3, 0.4) is 0 Å². The first-order chi connectivity index (χ1) is 12.4. The van der Waals surface area contributed by atoms with Gasteiger partial charge in [0.05, 0.1) is 11.0 Å². The summed E-state index contributed by atoms with van der Waals surface area (Å²) in [6.45, 7) is 0. The Bertz CT molecular complexity index is 909. The van der Waals surface area contributed by atoms with Crippen molar-refractivity contribution in [2.45, 2.75) is 16.2 Å². The van der Waals surface area contributed by atoms with Gasteiger partial charge in [-0.1, -0.05) is 36.4 Å². The van der Waals surface area contributed by atoms with Crippen molar-refractivity contribution in [2.75, 3.05) is 11.5 Å². The van der Waals surface area contributed by atoms with E-state index in [-0.39, 0.29) is 0 Å². The molecule has 124 valence electrons. The lowest BCUT2D eigenvalue weighted by Crippen LogP contribution is -1.88. The number of nitrogens with zero attached hydrogens (tertiary/aromatic N) is 2. The maximum atomic E-state index is 4.53. The molecule has 0 N–H and O–H groups in total. The van der Waals surface area contributed by atoms with Gasteiger partial charge in [-0.15, -0.1) is 23.5 Å². The molecule has 0 amide bonds. The van der Waals surface area contributed by atoms with E-state index in [0.29, 0.717) is 0 Å². The van der Waals surface area contributed by atoms with Crippen LogP contribution in [-0.4, -0.2) is 21.5 Å². The van der Waals surface area contributed by atoms with Crippen LogP contribution in [0.1, 0.15) is 6.42 Å². The molecular formula is C21H18N2S2. The number of hydrogen-bond acceptors (Lipinski definition) is 4. The SMILES string of the molecule is c1cnc2c(SCCCSc3cccc4cccnc34)cccc2c1. The number of fused-ring (bicyclic) bond motifs is 2. The molecule has 0 saturated heterocycles. The van der Waals surface area contributed by atoms with Crippen LogP contribution in [0.2, 0.25) is 0 Å². The number of aromatic nitrogens is 2. The highest BCUT2D eigenvalue weighted by atomic mass is 32.2. The largest absolute Gasteiger partial charge is 0.255 e. The van der Waals surface area contributed by atoms with Crippen molar-refractivity contribution < 1.29 is 0 Å². The molecule has 0 spiro atoms. The fourth-order valence-electron chi connectivity index (χ4n) is 2.81. The smallest absolute Gasteiger partial charge is 0.0837 e. The van der Waals surface area contributed by atoms with Gasteiger partial charge in [0.15, 0.2) is 0 Å². The summed E-state index contributed by atoms with van der Waals surface area (Å²) >= 11 is 3.79. The van der Waals surface area contributed by atoms with Gasteiger partial charge in [0, 0.05) is 33.0 Å². The summed E-state index contributed by atoms with van der Waals surface area (Å²) in [5, 5.41) is 2.42. The zero-order valence-corrected chi connectivity index (χ0v) is 15.4. The summed E-state index contributed by atoms with van der Waals surface area (Å²) in [5.41, 5.74) is 2.22. The molecule has 0 saturated carbocycles. The van der Waals surface area contributed by atoms with Gasteiger partial charge >= 0.3 is 0 Å². The number of pyridine rings is 2. The van der Waals surface area contributed by atoms with Crippen LogP contribution >= 0.6 is 23.5 Å². The minimum absolute atomic E-state index is 1.10. The van der Waals surface area contributed by atoms with Crippen molar-refractivity contribution in [1.82, 2.24) is 9.97 Å². The predicted molar refractivity (Wildman–Crippen MR) is 110 cm³/mol. The summed E-state index contributed by atoms with van der Waals surface area (Å²) in [4.78, 5) is 11.6. The Labute approximate surface area is 156 Å². The van der Waals surface area contributed by atoms with Gasteiger partial charge < -0.3 is 0 Å². The molecule has 2 aromatic carbocycles. The fraction of sp³-hybridized carbons (Fsp3) is 0.143. The predicted octanol–water partition coefficient (Wildman–Crippen LogP) is 6.06. The molecule has 0 aliphatic carbocycles. The highest BCUT2D eigenvalue weighted by Crippen LogP contribution is 2.29. The van der Waals surface area contributed by atoms with Crippen LogP contribution in [0.25, 0.3) is 21.8 Å². The summed E-state index contributed by atoms with van der Waals surface area (Å²) < 4.78 is 0. The van der Waals surface area contributed by atoms with Gasteiger partial charge in [-0.3, -0.25) is 9.97 Å². The summed E-state index contributed by atoms with van der Waals surface area (Å²) in [5.74, 6) is 2.20. The lowest BCUT2D eigenvalue weighted by atomic mass is 10.2. The quantitative estimate of drug-likeness (QED) is 0.308. The van der Waals surface area contributed by atoms with Gasteiger partial charge in [0.25, 0.3) is 0 Å². The summed E-state index contributed by atoms with van der Waals surface area (Å²) in [7, 11) is 0. The van der Waals surface area contributed by atoms with Gasteiger partial charge in [-0.05, 0) is 42.2 Å². The lowest BCUT2D eigenvalue weighted by Gasteiger charge is -2.07. The van der Waals surface area contributed by atoms with Crippen LogP contribution < -0.4 is 0 Å². The third-order valence-corrected chi connectivity index (χ3v) is 6.26. The molecule has 0 aliphatic heterocycles. The maximum absolute atomic E-state index is 4.53. The Morgan fingerprint density at radius 2 is 1.08 bits per heavy atom. The second-order valence-corrected chi connectivity index (χ2v) is 7.99. The van der Waals surface area contributed by atoms with Crippen molar-refractivity contribution >= 4 is 45.3 Å². The topological polar surface area (TPSA) is 25.8 Å². The van der Waals surface area contributed by atoms with E-state index in [1.54, 1.807) is 0 Å². The van der Waals surface area contributed by atoms with Crippen LogP contribution in [-0.2, 0) is 0 Å². The third kappa shape index (κ3) is 3.80. The Kier molecular flexibility index (Phi) is 5.19. The molecule has 4 heteroatoms. The Balaban J connectivity index is 1.35. The second-order valence-electron chi connectivity index (χ2n) is 5.71. The van der Waals surface area contributed by atoms with E-state index in [1.807, 2.05) is 48.1 Å². The average molecular weight is 363 g/mol. The van der Waals surface area contributed by atoms with E-state index >= 15 is 0 Å². The van der Waals surface area contributed by atoms with Gasteiger partial charge in [0.1, 0.15) is 0 Å². The molecule has 4 rings (SSSR count). The van der Waals surface area contributed by atoms with Crippen molar-refractivity contribution in [3.8, 4) is 0 Å². The van der Waals surface area contributed by atoms with Crippen molar-refractivity contribution in [3.63, 3.8) is 0 Å². The molecule has 0 bridgehead atoms. The van der Waals surface area contributed by atoms with Crippen LogP contribution in [0.15, 0.2) is 82.8 Å². The molecular weight excluding hydrogens is 344 g/mol. The number of hydrogen-bond donors (Lipinski definition) is 0. The fourth-order valence-corrected chi connectivity index (χ4v) is 4.97. The summed E-state index contributed by atoms with van der Waals surface area (Å²) in [6, 6.07) is 21.0. The van der Waals surface area contributed by atoms with Gasteiger partial charge in [-0.2, -0.15) is 0 Å². The third-order valence-electron chi connectivity index (χ3n) is 4.00. The first kappa shape index (κ1) is 16.4. The zero-order valence-electron chi connectivity index (χ0n) is 13.8. The lowest BCUT2D eigenvalue weighted by molar-refractivity contribution is 1.12. The van der Waals surface area contributed by atoms with Gasteiger partial charge in [-0.25, -0.2) is 0 Å². The number of rotatable bonds is 6. The molecule has 0 fully saturated rings. The zero-order chi connectivity index (χ0) is 16.9. The minimum Gasteiger partial charge on any atom is -0.255 e. The first-order valence-electron chi connectivity index (χ1n) is 8.35. The van der Waals surface area contributed by atoms with E-state index in [4.69, 9.17) is 0 Å². The van der Waals surface area contributed by atoms with Crippen molar-refractivity contribution in [2.24, 2.45) is 0 Å². The van der Waals surface area contributed by atoms with E-state index < -0.39 is 0 Å². The molecule has 4 aromatic rings. The molecule has 25 heavy (non-hydrogen) atoms. The maximum Gasteiger partial charge on any atom is 0.0837 e. The molecule has 2 aromatic heterocycles. The van der Waals surface area contributed by atoms with E-state index in [9.17, 15) is 0 Å². The number of para-hydroxylation sites is 2. The molecule has 2 heterocycles. The molecule has 0 atom stereocenters. The first-order valence-corrected chi connectivity index (χ1v) is 10.3. The second kappa shape index (κ2) is 7.89. The monoisotopic (exact) mass is 362 g/mol. The van der Waals surface area contributed by atoms with Crippen molar-refractivity contribution in [3.05, 3.63) is 73.1 Å². The highest BCUT2D eigenvalue weighted by Gasteiger charge is 2.04. The van der Waals surface area contributed by atoms with E-state index in [0.717, 1.165) is 29.0 Å². The van der Waals surface area contributed by atoms with E-state index in [1.165, 1.54) is 20.6 Å². The molecule has 2 nitrogen and oxygen atoms in total. The Morgan fingerprint density at radius 3 is 1.60 bits per heavy atom. The minimum atomic E-state index is 1.10. The standard InChI is InChI=1S/C21H18N2S2/c1-6-16-8-3-12-22-20(16)18(10-1)24-14-5-15-25-19-11-2-7-17-9-4-13-23-21(17)19/h1-4,6-13H,5,14-15H2.